The van der Waals surface area contributed by atoms with Gasteiger partial charge in [0.25, 0.3) is 0 Å². The molecule has 0 spiro atoms. The van der Waals surface area contributed by atoms with E-state index in [1.807, 2.05) is 0 Å². The molecule has 0 saturated heterocycles. The molecule has 0 saturated carbocycles. The minimum Gasteiger partial charge on any atom is -0.394 e. The third-order valence-corrected chi connectivity index (χ3v) is 7.02. The van der Waals surface area contributed by atoms with Gasteiger partial charge in [-0.05, 0) is 65.4 Å². The van der Waals surface area contributed by atoms with Crippen molar-refractivity contribution in [2.45, 2.75) is 35.1 Å². The smallest absolute Gasteiger partial charge is 0.0633 e. The predicted molar refractivity (Wildman–Crippen MR) is 134 cm³/mol. The fourth-order valence-electron chi connectivity index (χ4n) is 3.81. The van der Waals surface area contributed by atoms with Crippen LogP contribution >= 0.6 is 11.8 Å². The lowest BCUT2D eigenvalue weighted by molar-refractivity contribution is 0.115. The van der Waals surface area contributed by atoms with Gasteiger partial charge in [0.1, 0.15) is 0 Å². The molecule has 0 unspecified atom stereocenters. The molecule has 0 bridgehead atoms. The van der Waals surface area contributed by atoms with Crippen molar-refractivity contribution in [3.05, 3.63) is 96.1 Å². The van der Waals surface area contributed by atoms with Crippen molar-refractivity contribution < 1.29 is 10.2 Å². The quantitative estimate of drug-likeness (QED) is 0.332. The highest BCUT2D eigenvalue weighted by molar-refractivity contribution is 7.99. The molecule has 0 heterocycles. The van der Waals surface area contributed by atoms with Gasteiger partial charge >= 0.3 is 0 Å². The molecule has 4 rings (SSSR count). The van der Waals surface area contributed by atoms with Gasteiger partial charge in [0.15, 0.2) is 0 Å². The summed E-state index contributed by atoms with van der Waals surface area (Å²) in [6.07, 6.45) is 1.25. The lowest BCUT2D eigenvalue weighted by Gasteiger charge is -2.24. The lowest BCUT2D eigenvalue weighted by Crippen LogP contribution is -2.47. The topological polar surface area (TPSA) is 66.5 Å². The van der Waals surface area contributed by atoms with E-state index in [1.165, 1.54) is 37.3 Å². The standard InChI is InChI=1S/C28H29NO2S/c1-20-8-14-23(15-9-20)32-27-7-3-5-25-24(4-2-6-26(25)27)22-12-10-21(11-13-22)16-17-28(29,18-30)19-31/h2-15,30-31H,16-19,29H2,1H3. The van der Waals surface area contributed by atoms with Gasteiger partial charge in [-0.15, -0.1) is 0 Å². The normalized spacial score (nSPS) is 11.8. The summed E-state index contributed by atoms with van der Waals surface area (Å²) >= 11 is 1.79. The van der Waals surface area contributed by atoms with Crippen LogP contribution in [0, 0.1) is 6.92 Å². The van der Waals surface area contributed by atoms with Crippen LogP contribution in [0.25, 0.3) is 21.9 Å². The highest BCUT2D eigenvalue weighted by atomic mass is 32.2. The first-order valence-corrected chi connectivity index (χ1v) is 11.7. The van der Waals surface area contributed by atoms with Crippen molar-refractivity contribution in [2.24, 2.45) is 5.73 Å². The van der Waals surface area contributed by atoms with Gasteiger partial charge in [-0.2, -0.15) is 0 Å². The van der Waals surface area contributed by atoms with Crippen LogP contribution in [0.3, 0.4) is 0 Å². The molecule has 0 aliphatic carbocycles. The zero-order valence-electron chi connectivity index (χ0n) is 18.3. The Morgan fingerprint density at radius 1 is 0.781 bits per heavy atom. The summed E-state index contributed by atoms with van der Waals surface area (Å²) in [6, 6.07) is 30.1. The Morgan fingerprint density at radius 2 is 1.44 bits per heavy atom. The number of benzene rings is 4. The summed E-state index contributed by atoms with van der Waals surface area (Å²) < 4.78 is 0. The molecule has 4 heteroatoms. The van der Waals surface area contributed by atoms with Crippen LogP contribution in [0.1, 0.15) is 17.5 Å². The van der Waals surface area contributed by atoms with Gasteiger partial charge in [0, 0.05) is 9.79 Å². The molecule has 0 fully saturated rings. The Bertz CT molecular complexity index is 1180. The molecule has 0 atom stereocenters. The SMILES string of the molecule is Cc1ccc(Sc2cccc3c(-c4ccc(CCC(N)(CO)CO)cc4)cccc23)cc1. The average Bonchev–Trinajstić information content (AvgIpc) is 2.84. The van der Waals surface area contributed by atoms with Crippen molar-refractivity contribution >= 4 is 22.5 Å². The zero-order chi connectivity index (χ0) is 22.6. The van der Waals surface area contributed by atoms with E-state index < -0.39 is 5.54 Å². The molecule has 0 aromatic heterocycles. The van der Waals surface area contributed by atoms with E-state index in [-0.39, 0.29) is 13.2 Å². The second-order valence-electron chi connectivity index (χ2n) is 8.45. The van der Waals surface area contributed by atoms with Crippen LogP contribution < -0.4 is 5.73 Å². The summed E-state index contributed by atoms with van der Waals surface area (Å²) in [5, 5.41) is 21.3. The van der Waals surface area contributed by atoms with Crippen LogP contribution in [0.15, 0.2) is 94.7 Å². The minimum atomic E-state index is -0.931. The number of hydrogen-bond donors (Lipinski definition) is 3. The predicted octanol–water partition coefficient (Wildman–Crippen LogP) is 5.58. The molecule has 4 aromatic carbocycles. The molecule has 4 N–H and O–H groups in total. The maximum atomic E-state index is 9.40. The number of rotatable bonds is 8. The van der Waals surface area contributed by atoms with Crippen molar-refractivity contribution in [1.29, 1.82) is 0 Å². The Morgan fingerprint density at radius 3 is 2.12 bits per heavy atom. The number of aliphatic hydroxyl groups is 2. The van der Waals surface area contributed by atoms with Crippen LogP contribution in [0.2, 0.25) is 0 Å². The van der Waals surface area contributed by atoms with Crippen molar-refractivity contribution in [1.82, 2.24) is 0 Å². The second kappa shape index (κ2) is 9.88. The molecule has 0 aliphatic rings. The monoisotopic (exact) mass is 443 g/mol. The van der Waals surface area contributed by atoms with E-state index in [1.54, 1.807) is 11.8 Å². The number of nitrogens with two attached hydrogens (primary N) is 1. The van der Waals surface area contributed by atoms with Crippen LogP contribution in [0.4, 0.5) is 0 Å². The van der Waals surface area contributed by atoms with Crippen LogP contribution in [0.5, 0.6) is 0 Å². The zero-order valence-corrected chi connectivity index (χ0v) is 19.1. The fourth-order valence-corrected chi connectivity index (χ4v) is 4.77. The molecule has 0 aliphatic heterocycles. The third-order valence-electron chi connectivity index (χ3n) is 5.94. The Balaban J connectivity index is 1.60. The summed E-state index contributed by atoms with van der Waals surface area (Å²) in [4.78, 5) is 2.48. The van der Waals surface area contributed by atoms with Crippen molar-refractivity contribution in [3.8, 4) is 11.1 Å². The number of hydrogen-bond acceptors (Lipinski definition) is 4. The van der Waals surface area contributed by atoms with Crippen molar-refractivity contribution in [3.63, 3.8) is 0 Å². The fraction of sp³-hybridized carbons (Fsp3) is 0.214. The van der Waals surface area contributed by atoms with Gasteiger partial charge in [-0.1, -0.05) is 84.1 Å². The van der Waals surface area contributed by atoms with E-state index >= 15 is 0 Å². The summed E-state index contributed by atoms with van der Waals surface area (Å²) in [7, 11) is 0. The first kappa shape index (κ1) is 22.6. The van der Waals surface area contributed by atoms with Gasteiger partial charge < -0.3 is 15.9 Å². The van der Waals surface area contributed by atoms with Crippen LogP contribution in [-0.2, 0) is 6.42 Å². The molecule has 4 aromatic rings. The van der Waals surface area contributed by atoms with E-state index in [4.69, 9.17) is 5.73 Å². The highest BCUT2D eigenvalue weighted by Crippen LogP contribution is 2.37. The first-order chi connectivity index (χ1) is 15.5. The van der Waals surface area contributed by atoms with E-state index in [2.05, 4.69) is 91.9 Å². The average molecular weight is 444 g/mol. The summed E-state index contributed by atoms with van der Waals surface area (Å²) in [6.45, 7) is 1.66. The van der Waals surface area contributed by atoms with Gasteiger partial charge in [-0.25, -0.2) is 0 Å². The van der Waals surface area contributed by atoms with E-state index in [9.17, 15) is 10.2 Å². The molecule has 164 valence electrons. The van der Waals surface area contributed by atoms with Crippen LogP contribution in [-0.4, -0.2) is 29.0 Å². The molecule has 0 amide bonds. The lowest BCUT2D eigenvalue weighted by atomic mass is 9.92. The number of aryl methyl sites for hydroxylation is 2. The first-order valence-electron chi connectivity index (χ1n) is 10.9. The molecular weight excluding hydrogens is 414 g/mol. The van der Waals surface area contributed by atoms with E-state index in [0.717, 1.165) is 5.56 Å². The third kappa shape index (κ3) is 5.05. The van der Waals surface area contributed by atoms with E-state index in [0.29, 0.717) is 12.8 Å². The Hall–Kier alpha value is -2.63. The minimum absolute atomic E-state index is 0.222. The van der Waals surface area contributed by atoms with Gasteiger partial charge in [0.2, 0.25) is 0 Å². The molecule has 3 nitrogen and oxygen atoms in total. The van der Waals surface area contributed by atoms with Gasteiger partial charge in [0.05, 0.1) is 18.8 Å². The summed E-state index contributed by atoms with van der Waals surface area (Å²) in [5.74, 6) is 0. The van der Waals surface area contributed by atoms with Gasteiger partial charge in [-0.3, -0.25) is 0 Å². The molecule has 0 radical (unpaired) electrons. The molecule has 32 heavy (non-hydrogen) atoms. The molecular formula is C28H29NO2S. The largest absolute Gasteiger partial charge is 0.394 e. The second-order valence-corrected chi connectivity index (χ2v) is 9.56. The highest BCUT2D eigenvalue weighted by Gasteiger charge is 2.22. The summed E-state index contributed by atoms with van der Waals surface area (Å²) in [5.41, 5.74) is 9.85. The maximum Gasteiger partial charge on any atom is 0.0633 e. The van der Waals surface area contributed by atoms with Crippen molar-refractivity contribution in [2.75, 3.05) is 13.2 Å². The number of fused-ring (bicyclic) bond motifs is 1. The maximum absolute atomic E-state index is 9.40. The Kier molecular flexibility index (Phi) is 6.97. The Labute approximate surface area is 193 Å². The number of aliphatic hydroxyl groups excluding tert-OH is 2.